The molecule has 1 aromatic rings. The molecule has 1 atom stereocenters. The second-order valence-electron chi connectivity index (χ2n) is 6.72. The van der Waals surface area contributed by atoms with Crippen LogP contribution in [0.2, 0.25) is 0 Å². The number of rotatable bonds is 7. The van der Waals surface area contributed by atoms with Crippen molar-refractivity contribution in [3.05, 3.63) is 35.4 Å². The van der Waals surface area contributed by atoms with Crippen molar-refractivity contribution in [3.63, 3.8) is 0 Å². The van der Waals surface area contributed by atoms with Gasteiger partial charge in [-0.25, -0.2) is 0 Å². The summed E-state index contributed by atoms with van der Waals surface area (Å²) in [5.74, 6) is 0. The molecule has 0 radical (unpaired) electrons. The van der Waals surface area contributed by atoms with Crippen LogP contribution in [0.25, 0.3) is 0 Å². The summed E-state index contributed by atoms with van der Waals surface area (Å²) in [6, 6.07) is 9.66. The maximum Gasteiger partial charge on any atom is 0.0207 e. The van der Waals surface area contributed by atoms with Crippen molar-refractivity contribution in [1.82, 2.24) is 5.32 Å². The van der Waals surface area contributed by atoms with Crippen LogP contribution >= 0.6 is 0 Å². The standard InChI is InChI=1S/C18H31N/c1-6-7-8-9-15(2)19-14-16-10-12-17(13-11-16)18(3,4)5/h10-13,15,19H,6-9,14H2,1-5H3. The number of hydrogen-bond donors (Lipinski definition) is 1. The smallest absolute Gasteiger partial charge is 0.0207 e. The fourth-order valence-electron chi connectivity index (χ4n) is 2.22. The van der Waals surface area contributed by atoms with E-state index < -0.39 is 0 Å². The highest BCUT2D eigenvalue weighted by atomic mass is 14.9. The maximum absolute atomic E-state index is 3.62. The fourth-order valence-corrected chi connectivity index (χ4v) is 2.22. The van der Waals surface area contributed by atoms with Gasteiger partial charge in [0.2, 0.25) is 0 Å². The van der Waals surface area contributed by atoms with Crippen molar-refractivity contribution in [3.8, 4) is 0 Å². The van der Waals surface area contributed by atoms with Gasteiger partial charge >= 0.3 is 0 Å². The normalized spacial score (nSPS) is 13.5. The first kappa shape index (κ1) is 16.2. The lowest BCUT2D eigenvalue weighted by Crippen LogP contribution is -2.25. The summed E-state index contributed by atoms with van der Waals surface area (Å²) < 4.78 is 0. The molecule has 108 valence electrons. The molecular weight excluding hydrogens is 230 g/mol. The number of unbranched alkanes of at least 4 members (excludes halogenated alkanes) is 2. The molecule has 0 aliphatic carbocycles. The third kappa shape index (κ3) is 6.24. The van der Waals surface area contributed by atoms with Gasteiger partial charge in [-0.2, -0.15) is 0 Å². The van der Waals surface area contributed by atoms with Crippen LogP contribution in [0.15, 0.2) is 24.3 Å². The highest BCUT2D eigenvalue weighted by Gasteiger charge is 2.12. The lowest BCUT2D eigenvalue weighted by molar-refractivity contribution is 0.487. The summed E-state index contributed by atoms with van der Waals surface area (Å²) in [5.41, 5.74) is 3.04. The minimum atomic E-state index is 0.249. The Morgan fingerprint density at radius 3 is 2.21 bits per heavy atom. The topological polar surface area (TPSA) is 12.0 Å². The van der Waals surface area contributed by atoms with E-state index in [0.717, 1.165) is 6.54 Å². The third-order valence-electron chi connectivity index (χ3n) is 3.72. The van der Waals surface area contributed by atoms with E-state index in [1.54, 1.807) is 0 Å². The van der Waals surface area contributed by atoms with E-state index in [4.69, 9.17) is 0 Å². The molecule has 1 aromatic carbocycles. The molecule has 19 heavy (non-hydrogen) atoms. The summed E-state index contributed by atoms with van der Waals surface area (Å²) in [4.78, 5) is 0. The zero-order valence-electron chi connectivity index (χ0n) is 13.4. The van der Waals surface area contributed by atoms with Crippen LogP contribution in [-0.4, -0.2) is 6.04 Å². The molecule has 0 aromatic heterocycles. The molecule has 0 amide bonds. The quantitative estimate of drug-likeness (QED) is 0.678. The minimum Gasteiger partial charge on any atom is -0.310 e. The van der Waals surface area contributed by atoms with E-state index in [2.05, 4.69) is 64.2 Å². The van der Waals surface area contributed by atoms with Crippen LogP contribution in [0, 0.1) is 0 Å². The van der Waals surface area contributed by atoms with Gasteiger partial charge in [0.25, 0.3) is 0 Å². The average molecular weight is 261 g/mol. The lowest BCUT2D eigenvalue weighted by Gasteiger charge is -2.19. The third-order valence-corrected chi connectivity index (χ3v) is 3.72. The van der Waals surface area contributed by atoms with Gasteiger partial charge in [-0.05, 0) is 29.9 Å². The van der Waals surface area contributed by atoms with Gasteiger partial charge in [0.15, 0.2) is 0 Å². The molecule has 0 fully saturated rings. The molecule has 1 nitrogen and oxygen atoms in total. The van der Waals surface area contributed by atoms with Crippen molar-refractivity contribution in [2.45, 2.75) is 78.3 Å². The Morgan fingerprint density at radius 1 is 1.05 bits per heavy atom. The Kier molecular flexibility index (Phi) is 6.57. The van der Waals surface area contributed by atoms with Crippen molar-refractivity contribution in [2.24, 2.45) is 0 Å². The van der Waals surface area contributed by atoms with E-state index >= 15 is 0 Å². The summed E-state index contributed by atoms with van der Waals surface area (Å²) in [7, 11) is 0. The van der Waals surface area contributed by atoms with Crippen molar-refractivity contribution in [1.29, 1.82) is 0 Å². The molecule has 0 aliphatic heterocycles. The molecule has 0 saturated heterocycles. The Bertz CT molecular complexity index is 345. The molecule has 1 N–H and O–H groups in total. The molecule has 0 bridgehead atoms. The van der Waals surface area contributed by atoms with Gasteiger partial charge in [0.1, 0.15) is 0 Å². The van der Waals surface area contributed by atoms with Crippen LogP contribution in [0.4, 0.5) is 0 Å². The summed E-state index contributed by atoms with van der Waals surface area (Å²) in [6.45, 7) is 12.3. The van der Waals surface area contributed by atoms with Gasteiger partial charge in [-0.15, -0.1) is 0 Å². The van der Waals surface area contributed by atoms with Crippen LogP contribution in [0.3, 0.4) is 0 Å². The van der Waals surface area contributed by atoms with E-state index in [1.807, 2.05) is 0 Å². The second-order valence-corrected chi connectivity index (χ2v) is 6.72. The van der Waals surface area contributed by atoms with E-state index in [0.29, 0.717) is 6.04 Å². The Morgan fingerprint density at radius 2 is 1.68 bits per heavy atom. The first-order valence-corrected chi connectivity index (χ1v) is 7.76. The number of hydrogen-bond acceptors (Lipinski definition) is 1. The van der Waals surface area contributed by atoms with Gasteiger partial charge in [0, 0.05) is 12.6 Å². The number of nitrogens with one attached hydrogen (secondary N) is 1. The largest absolute Gasteiger partial charge is 0.310 e. The first-order valence-electron chi connectivity index (χ1n) is 7.76. The molecule has 0 heterocycles. The lowest BCUT2D eigenvalue weighted by atomic mass is 9.87. The van der Waals surface area contributed by atoms with Gasteiger partial charge in [-0.3, -0.25) is 0 Å². The monoisotopic (exact) mass is 261 g/mol. The molecule has 0 aliphatic rings. The van der Waals surface area contributed by atoms with Gasteiger partial charge in [0.05, 0.1) is 0 Å². The van der Waals surface area contributed by atoms with Crippen molar-refractivity contribution < 1.29 is 0 Å². The van der Waals surface area contributed by atoms with Gasteiger partial charge < -0.3 is 5.32 Å². The second kappa shape index (κ2) is 7.69. The molecule has 0 spiro atoms. The fraction of sp³-hybridized carbons (Fsp3) is 0.667. The molecule has 1 heteroatoms. The number of benzene rings is 1. The molecule has 1 unspecified atom stereocenters. The predicted molar refractivity (Wildman–Crippen MR) is 85.6 cm³/mol. The zero-order chi connectivity index (χ0) is 14.3. The van der Waals surface area contributed by atoms with E-state index in [9.17, 15) is 0 Å². The van der Waals surface area contributed by atoms with Crippen molar-refractivity contribution in [2.75, 3.05) is 0 Å². The molecular formula is C18H31N. The van der Waals surface area contributed by atoms with Crippen molar-refractivity contribution >= 4 is 0 Å². The molecule has 0 saturated carbocycles. The predicted octanol–water partition coefficient (Wildman–Crippen LogP) is 5.04. The van der Waals surface area contributed by atoms with Gasteiger partial charge in [-0.1, -0.05) is 71.2 Å². The first-order chi connectivity index (χ1) is 8.93. The van der Waals surface area contributed by atoms with E-state index in [-0.39, 0.29) is 5.41 Å². The van der Waals surface area contributed by atoms with E-state index in [1.165, 1.54) is 36.8 Å². The summed E-state index contributed by atoms with van der Waals surface area (Å²) >= 11 is 0. The highest BCUT2D eigenvalue weighted by Crippen LogP contribution is 2.22. The zero-order valence-corrected chi connectivity index (χ0v) is 13.4. The minimum absolute atomic E-state index is 0.249. The maximum atomic E-state index is 3.62. The highest BCUT2D eigenvalue weighted by molar-refractivity contribution is 5.27. The van der Waals surface area contributed by atoms with Crippen LogP contribution in [0.1, 0.15) is 71.4 Å². The average Bonchev–Trinajstić information content (AvgIpc) is 2.36. The van der Waals surface area contributed by atoms with Crippen LogP contribution < -0.4 is 5.32 Å². The van der Waals surface area contributed by atoms with Crippen LogP contribution in [0.5, 0.6) is 0 Å². The Balaban J connectivity index is 2.37. The Labute approximate surface area is 119 Å². The summed E-state index contributed by atoms with van der Waals surface area (Å²) in [6.07, 6.45) is 5.29. The van der Waals surface area contributed by atoms with Crippen LogP contribution in [-0.2, 0) is 12.0 Å². The summed E-state index contributed by atoms with van der Waals surface area (Å²) in [5, 5.41) is 3.62. The SMILES string of the molecule is CCCCCC(C)NCc1ccc(C(C)(C)C)cc1. The Hall–Kier alpha value is -0.820. The molecule has 1 rings (SSSR count).